The van der Waals surface area contributed by atoms with Crippen LogP contribution in [0.4, 0.5) is 0 Å². The highest BCUT2D eigenvalue weighted by Gasteiger charge is 2.06. The van der Waals surface area contributed by atoms with Gasteiger partial charge >= 0.3 is 0 Å². The average Bonchev–Trinajstić information content (AvgIpc) is 1.94. The molecule has 0 aromatic heterocycles. The summed E-state index contributed by atoms with van der Waals surface area (Å²) in [5, 5.41) is 0. The summed E-state index contributed by atoms with van der Waals surface area (Å²) in [6.45, 7) is 1.97. The molecule has 1 aliphatic heterocycles. The van der Waals surface area contributed by atoms with Gasteiger partial charge in [-0.1, -0.05) is 22.6 Å². The molecule has 1 rings (SSSR count). The Bertz CT molecular complexity index is 57.5. The van der Waals surface area contributed by atoms with Crippen molar-refractivity contribution in [3.8, 4) is 0 Å². The number of halogens is 1. The zero-order valence-electron chi connectivity index (χ0n) is 4.90. The molecular formula is C6H11IO. The molecule has 0 radical (unpaired) electrons. The van der Waals surface area contributed by atoms with E-state index in [-0.39, 0.29) is 0 Å². The lowest BCUT2D eigenvalue weighted by molar-refractivity contribution is 0.145. The largest absolute Gasteiger partial charge is 0.381 e. The second-order valence-corrected chi connectivity index (χ2v) is 3.90. The van der Waals surface area contributed by atoms with Gasteiger partial charge in [0.1, 0.15) is 0 Å². The third-order valence-corrected chi connectivity index (χ3v) is 2.63. The lowest BCUT2D eigenvalue weighted by Gasteiger charge is -1.99. The van der Waals surface area contributed by atoms with Crippen LogP contribution in [-0.2, 0) is 4.74 Å². The van der Waals surface area contributed by atoms with Crippen molar-refractivity contribution in [2.24, 2.45) is 0 Å². The van der Waals surface area contributed by atoms with Gasteiger partial charge in [0.25, 0.3) is 0 Å². The highest BCUT2D eigenvalue weighted by Crippen LogP contribution is 2.15. The fraction of sp³-hybridized carbons (Fsp3) is 1.00. The lowest BCUT2D eigenvalue weighted by atomic mass is 10.2. The third-order valence-electron chi connectivity index (χ3n) is 1.38. The Morgan fingerprint density at radius 2 is 2.12 bits per heavy atom. The van der Waals surface area contributed by atoms with Gasteiger partial charge in [0.2, 0.25) is 0 Å². The first kappa shape index (κ1) is 6.81. The summed E-state index contributed by atoms with van der Waals surface area (Å²) in [6, 6.07) is 0. The second-order valence-electron chi connectivity index (χ2n) is 2.14. The van der Waals surface area contributed by atoms with Crippen molar-refractivity contribution in [1.82, 2.24) is 0 Å². The fourth-order valence-corrected chi connectivity index (χ4v) is 1.56. The molecule has 0 saturated carbocycles. The van der Waals surface area contributed by atoms with E-state index in [4.69, 9.17) is 4.74 Å². The normalized spacial score (nSPS) is 31.9. The molecule has 0 spiro atoms. The van der Waals surface area contributed by atoms with Crippen LogP contribution in [0.2, 0.25) is 0 Å². The second kappa shape index (κ2) is 3.67. The summed E-state index contributed by atoms with van der Waals surface area (Å²) in [7, 11) is 0. The van der Waals surface area contributed by atoms with E-state index in [2.05, 4.69) is 22.6 Å². The van der Waals surface area contributed by atoms with Crippen molar-refractivity contribution in [3.63, 3.8) is 0 Å². The van der Waals surface area contributed by atoms with E-state index in [0.717, 1.165) is 17.1 Å². The minimum Gasteiger partial charge on any atom is -0.381 e. The molecule has 2 heteroatoms. The number of rotatable bonds is 0. The quantitative estimate of drug-likeness (QED) is 0.453. The van der Waals surface area contributed by atoms with E-state index in [1.165, 1.54) is 19.3 Å². The lowest BCUT2D eigenvalue weighted by Crippen LogP contribution is -1.96. The maximum Gasteiger partial charge on any atom is 0.0476 e. The standard InChI is InChI=1S/C6H11IO/c7-6-2-1-4-8-5-3-6/h6H,1-5H2. The molecule has 1 atom stereocenters. The summed E-state index contributed by atoms with van der Waals surface area (Å²) in [6.07, 6.45) is 3.86. The first-order valence-corrected chi connectivity index (χ1v) is 4.36. The van der Waals surface area contributed by atoms with Gasteiger partial charge in [0.15, 0.2) is 0 Å². The van der Waals surface area contributed by atoms with Crippen LogP contribution in [-0.4, -0.2) is 17.1 Å². The Morgan fingerprint density at radius 1 is 1.25 bits per heavy atom. The molecule has 0 aromatic rings. The van der Waals surface area contributed by atoms with Crippen molar-refractivity contribution in [2.75, 3.05) is 13.2 Å². The predicted molar refractivity (Wildman–Crippen MR) is 42.5 cm³/mol. The van der Waals surface area contributed by atoms with Crippen molar-refractivity contribution in [1.29, 1.82) is 0 Å². The Morgan fingerprint density at radius 3 is 3.00 bits per heavy atom. The van der Waals surface area contributed by atoms with Gasteiger partial charge in [-0.3, -0.25) is 0 Å². The predicted octanol–water partition coefficient (Wildman–Crippen LogP) is 1.99. The van der Waals surface area contributed by atoms with Crippen LogP contribution in [0, 0.1) is 0 Å². The Labute approximate surface area is 63.9 Å². The van der Waals surface area contributed by atoms with Gasteiger partial charge < -0.3 is 4.74 Å². The summed E-state index contributed by atoms with van der Waals surface area (Å²) >= 11 is 2.50. The minimum absolute atomic E-state index is 0.870. The fourth-order valence-electron chi connectivity index (χ4n) is 0.864. The summed E-state index contributed by atoms with van der Waals surface area (Å²) in [5.74, 6) is 0. The maximum absolute atomic E-state index is 5.26. The molecule has 1 saturated heterocycles. The highest BCUT2D eigenvalue weighted by molar-refractivity contribution is 14.1. The molecule has 0 bridgehead atoms. The van der Waals surface area contributed by atoms with Gasteiger partial charge in [0.05, 0.1) is 0 Å². The highest BCUT2D eigenvalue weighted by atomic mass is 127. The van der Waals surface area contributed by atoms with E-state index in [9.17, 15) is 0 Å². The monoisotopic (exact) mass is 226 g/mol. The summed E-state index contributed by atoms with van der Waals surface area (Å²) < 4.78 is 6.13. The topological polar surface area (TPSA) is 9.23 Å². The van der Waals surface area contributed by atoms with Crippen LogP contribution in [0.3, 0.4) is 0 Å². The Hall–Kier alpha value is 0.690. The molecule has 1 aliphatic rings. The first-order chi connectivity index (χ1) is 3.89. The van der Waals surface area contributed by atoms with Crippen molar-refractivity contribution in [2.45, 2.75) is 23.2 Å². The molecule has 48 valence electrons. The van der Waals surface area contributed by atoms with Crippen molar-refractivity contribution in [3.05, 3.63) is 0 Å². The molecule has 1 heterocycles. The van der Waals surface area contributed by atoms with Gasteiger partial charge in [-0.2, -0.15) is 0 Å². The zero-order chi connectivity index (χ0) is 5.82. The van der Waals surface area contributed by atoms with Crippen LogP contribution in [0.15, 0.2) is 0 Å². The molecule has 0 aliphatic carbocycles. The number of hydrogen-bond acceptors (Lipinski definition) is 1. The molecule has 1 fully saturated rings. The summed E-state index contributed by atoms with van der Waals surface area (Å²) in [5.41, 5.74) is 0. The van der Waals surface area contributed by atoms with E-state index in [1.54, 1.807) is 0 Å². The number of alkyl halides is 1. The molecule has 0 N–H and O–H groups in total. The van der Waals surface area contributed by atoms with Crippen molar-refractivity contribution < 1.29 is 4.74 Å². The van der Waals surface area contributed by atoms with Gasteiger partial charge in [0, 0.05) is 17.1 Å². The molecular weight excluding hydrogens is 215 g/mol. The molecule has 1 nitrogen and oxygen atoms in total. The van der Waals surface area contributed by atoms with Crippen LogP contribution < -0.4 is 0 Å². The van der Waals surface area contributed by atoms with Gasteiger partial charge in [-0.15, -0.1) is 0 Å². The van der Waals surface area contributed by atoms with Gasteiger partial charge in [-0.05, 0) is 19.3 Å². The van der Waals surface area contributed by atoms with Crippen LogP contribution in [0.25, 0.3) is 0 Å². The molecule has 1 unspecified atom stereocenters. The third kappa shape index (κ3) is 2.31. The zero-order valence-corrected chi connectivity index (χ0v) is 7.06. The number of hydrogen-bond donors (Lipinski definition) is 0. The van der Waals surface area contributed by atoms with E-state index >= 15 is 0 Å². The van der Waals surface area contributed by atoms with Crippen LogP contribution in [0.1, 0.15) is 19.3 Å². The smallest absolute Gasteiger partial charge is 0.0476 e. The molecule has 8 heavy (non-hydrogen) atoms. The van der Waals surface area contributed by atoms with E-state index < -0.39 is 0 Å². The Balaban J connectivity index is 2.17. The summed E-state index contributed by atoms with van der Waals surface area (Å²) in [4.78, 5) is 0. The van der Waals surface area contributed by atoms with Crippen molar-refractivity contribution >= 4 is 22.6 Å². The minimum atomic E-state index is 0.870. The first-order valence-electron chi connectivity index (χ1n) is 3.11. The van der Waals surface area contributed by atoms with Gasteiger partial charge in [-0.25, -0.2) is 0 Å². The molecule has 0 amide bonds. The number of ether oxygens (including phenoxy) is 1. The van der Waals surface area contributed by atoms with Crippen LogP contribution in [0.5, 0.6) is 0 Å². The Kier molecular flexibility index (Phi) is 3.12. The maximum atomic E-state index is 5.26. The average molecular weight is 226 g/mol. The van der Waals surface area contributed by atoms with E-state index in [1.807, 2.05) is 0 Å². The van der Waals surface area contributed by atoms with Crippen LogP contribution >= 0.6 is 22.6 Å². The molecule has 0 aromatic carbocycles. The SMILES string of the molecule is IC1CCCOCC1. The van der Waals surface area contributed by atoms with E-state index in [0.29, 0.717) is 0 Å².